The van der Waals surface area contributed by atoms with Crippen LogP contribution >= 0.6 is 0 Å². The Morgan fingerprint density at radius 1 is 1.36 bits per heavy atom. The van der Waals surface area contributed by atoms with Crippen LogP contribution in [0, 0.1) is 17.8 Å². The molecule has 1 fully saturated rings. The molecule has 2 aliphatic rings. The van der Waals surface area contributed by atoms with Gasteiger partial charge in [-0.05, 0) is 18.3 Å². The van der Waals surface area contributed by atoms with E-state index in [0.717, 1.165) is 6.42 Å². The lowest BCUT2D eigenvalue weighted by Gasteiger charge is -2.20. The number of rotatable bonds is 1. The number of amides is 1. The Kier molecular flexibility index (Phi) is 1.29. The van der Waals surface area contributed by atoms with Crippen molar-refractivity contribution in [2.24, 2.45) is 29.2 Å². The van der Waals surface area contributed by atoms with Crippen molar-refractivity contribution in [1.29, 1.82) is 0 Å². The van der Waals surface area contributed by atoms with Crippen molar-refractivity contribution in [1.82, 2.24) is 0 Å². The van der Waals surface area contributed by atoms with Gasteiger partial charge in [-0.25, -0.2) is 0 Å². The molecule has 2 rings (SSSR count). The number of nitrogens with two attached hydrogens (primary N) is 2. The first kappa shape index (κ1) is 6.85. The van der Waals surface area contributed by atoms with Crippen LogP contribution in [-0.2, 0) is 4.79 Å². The Balaban J connectivity index is 2.25. The maximum Gasteiger partial charge on any atom is 0.222 e. The van der Waals surface area contributed by atoms with Crippen LogP contribution in [0.25, 0.3) is 0 Å². The van der Waals surface area contributed by atoms with E-state index < -0.39 is 0 Å². The molecule has 11 heavy (non-hydrogen) atoms. The summed E-state index contributed by atoms with van der Waals surface area (Å²) in [6.45, 7) is 0. The number of allylic oxidation sites excluding steroid dienone is 1. The predicted molar refractivity (Wildman–Crippen MR) is 41.4 cm³/mol. The molecule has 2 aliphatic carbocycles. The fraction of sp³-hybridized carbons (Fsp3) is 0.625. The van der Waals surface area contributed by atoms with Gasteiger partial charge in [0.25, 0.3) is 0 Å². The van der Waals surface area contributed by atoms with E-state index in [1.807, 2.05) is 0 Å². The van der Waals surface area contributed by atoms with Gasteiger partial charge in [-0.1, -0.05) is 12.2 Å². The van der Waals surface area contributed by atoms with Gasteiger partial charge in [-0.15, -0.1) is 0 Å². The molecule has 1 amide bonds. The molecule has 3 nitrogen and oxygen atoms in total. The number of carbonyl (C=O) groups is 1. The highest BCUT2D eigenvalue weighted by molar-refractivity contribution is 5.79. The van der Waals surface area contributed by atoms with Gasteiger partial charge in [0.15, 0.2) is 0 Å². The van der Waals surface area contributed by atoms with Crippen LogP contribution in [0.4, 0.5) is 0 Å². The zero-order chi connectivity index (χ0) is 8.01. The molecule has 4 N–H and O–H groups in total. The van der Waals surface area contributed by atoms with Gasteiger partial charge in [0, 0.05) is 6.04 Å². The Bertz CT molecular complexity index is 224. The largest absolute Gasteiger partial charge is 0.369 e. The summed E-state index contributed by atoms with van der Waals surface area (Å²) < 4.78 is 0. The Morgan fingerprint density at radius 3 is 2.36 bits per heavy atom. The smallest absolute Gasteiger partial charge is 0.222 e. The Morgan fingerprint density at radius 2 is 2.00 bits per heavy atom. The van der Waals surface area contributed by atoms with Crippen LogP contribution < -0.4 is 11.5 Å². The minimum Gasteiger partial charge on any atom is -0.369 e. The van der Waals surface area contributed by atoms with Crippen LogP contribution in [-0.4, -0.2) is 11.9 Å². The van der Waals surface area contributed by atoms with Crippen molar-refractivity contribution in [3.8, 4) is 0 Å². The van der Waals surface area contributed by atoms with Gasteiger partial charge >= 0.3 is 0 Å². The molecular formula is C8H12N2O. The van der Waals surface area contributed by atoms with Gasteiger partial charge in [0.1, 0.15) is 0 Å². The number of hydrogen-bond acceptors (Lipinski definition) is 2. The highest BCUT2D eigenvalue weighted by Gasteiger charge is 2.45. The maximum atomic E-state index is 10.9. The second kappa shape index (κ2) is 2.08. The molecule has 3 heteroatoms. The average Bonchev–Trinajstić information content (AvgIpc) is 2.44. The highest BCUT2D eigenvalue weighted by Crippen LogP contribution is 2.42. The molecule has 0 radical (unpaired) electrons. The summed E-state index contributed by atoms with van der Waals surface area (Å²) in [6, 6.07) is -0.0255. The van der Waals surface area contributed by atoms with Crippen LogP contribution in [0.1, 0.15) is 6.42 Å². The van der Waals surface area contributed by atoms with E-state index in [-0.39, 0.29) is 17.9 Å². The molecule has 0 aromatic heterocycles. The van der Waals surface area contributed by atoms with E-state index in [9.17, 15) is 4.79 Å². The van der Waals surface area contributed by atoms with Gasteiger partial charge in [-0.2, -0.15) is 0 Å². The summed E-state index contributed by atoms with van der Waals surface area (Å²) in [6.07, 6.45) is 5.20. The minimum atomic E-state index is -0.241. The molecule has 1 unspecified atom stereocenters. The quantitative estimate of drug-likeness (QED) is 0.503. The van der Waals surface area contributed by atoms with Crippen LogP contribution in [0.3, 0.4) is 0 Å². The Labute approximate surface area is 65.4 Å². The average molecular weight is 152 g/mol. The normalized spacial score (nSPS) is 46.6. The van der Waals surface area contributed by atoms with Gasteiger partial charge in [-0.3, -0.25) is 4.79 Å². The summed E-state index contributed by atoms with van der Waals surface area (Å²) in [7, 11) is 0. The summed E-state index contributed by atoms with van der Waals surface area (Å²) in [4.78, 5) is 10.9. The summed E-state index contributed by atoms with van der Waals surface area (Å²) in [5.41, 5.74) is 11.0. The summed E-state index contributed by atoms with van der Waals surface area (Å²) >= 11 is 0. The maximum absolute atomic E-state index is 10.9. The third kappa shape index (κ3) is 0.807. The fourth-order valence-corrected chi connectivity index (χ4v) is 2.26. The van der Waals surface area contributed by atoms with E-state index in [0.29, 0.717) is 11.8 Å². The molecule has 4 atom stereocenters. The van der Waals surface area contributed by atoms with Crippen LogP contribution in [0.2, 0.25) is 0 Å². The van der Waals surface area contributed by atoms with E-state index in [1.165, 1.54) is 0 Å². The van der Waals surface area contributed by atoms with Gasteiger partial charge < -0.3 is 11.5 Å². The van der Waals surface area contributed by atoms with Crippen molar-refractivity contribution in [2.75, 3.05) is 0 Å². The van der Waals surface area contributed by atoms with Crippen molar-refractivity contribution in [2.45, 2.75) is 12.5 Å². The molecule has 0 heterocycles. The number of hydrogen-bond donors (Lipinski definition) is 2. The number of primary amides is 1. The lowest BCUT2D eigenvalue weighted by atomic mass is 9.89. The highest BCUT2D eigenvalue weighted by atomic mass is 16.1. The molecule has 60 valence electrons. The zero-order valence-corrected chi connectivity index (χ0v) is 6.23. The molecule has 0 aliphatic heterocycles. The van der Waals surface area contributed by atoms with Crippen molar-refractivity contribution < 1.29 is 4.79 Å². The lowest BCUT2D eigenvalue weighted by Crippen LogP contribution is -2.41. The van der Waals surface area contributed by atoms with Crippen LogP contribution in [0.5, 0.6) is 0 Å². The molecule has 0 aromatic carbocycles. The Hall–Kier alpha value is -0.830. The van der Waals surface area contributed by atoms with E-state index in [1.54, 1.807) is 0 Å². The second-order valence-electron chi connectivity index (χ2n) is 3.45. The monoisotopic (exact) mass is 152 g/mol. The predicted octanol–water partition coefficient (Wildman–Crippen LogP) is -0.379. The molecule has 0 spiro atoms. The molecule has 1 saturated carbocycles. The molecular weight excluding hydrogens is 140 g/mol. The van der Waals surface area contributed by atoms with Gasteiger partial charge in [0.2, 0.25) is 5.91 Å². The van der Waals surface area contributed by atoms with Gasteiger partial charge in [0.05, 0.1) is 5.92 Å². The second-order valence-corrected chi connectivity index (χ2v) is 3.45. The van der Waals surface area contributed by atoms with E-state index in [4.69, 9.17) is 11.5 Å². The van der Waals surface area contributed by atoms with Crippen LogP contribution in [0.15, 0.2) is 12.2 Å². The number of carbonyl (C=O) groups excluding carboxylic acids is 1. The molecule has 2 bridgehead atoms. The van der Waals surface area contributed by atoms with E-state index >= 15 is 0 Å². The standard InChI is InChI=1S/C8H12N2O/c9-7-5-2-1-4(3-5)6(7)8(10)11/h1-2,4-7H,3,9H2,(H2,10,11)/t4?,5-,6-,7+/m1/s1. The third-order valence-electron chi connectivity index (χ3n) is 2.85. The first-order valence-corrected chi connectivity index (χ1v) is 3.93. The zero-order valence-electron chi connectivity index (χ0n) is 6.23. The third-order valence-corrected chi connectivity index (χ3v) is 2.85. The van der Waals surface area contributed by atoms with Crippen molar-refractivity contribution >= 4 is 5.91 Å². The molecule has 0 aromatic rings. The van der Waals surface area contributed by atoms with Crippen molar-refractivity contribution in [3.05, 3.63) is 12.2 Å². The van der Waals surface area contributed by atoms with Crippen molar-refractivity contribution in [3.63, 3.8) is 0 Å². The first-order chi connectivity index (χ1) is 5.20. The topological polar surface area (TPSA) is 69.1 Å². The number of fused-ring (bicyclic) bond motifs is 2. The summed E-state index contributed by atoms with van der Waals surface area (Å²) in [5.74, 6) is 0.379. The SMILES string of the molecule is NC(=O)[C@@H]1C2C=C[C@H](C2)[C@@H]1N. The minimum absolute atomic E-state index is 0.0255. The first-order valence-electron chi connectivity index (χ1n) is 3.93. The van der Waals surface area contributed by atoms with E-state index in [2.05, 4.69) is 12.2 Å². The summed E-state index contributed by atoms with van der Waals surface area (Å²) in [5, 5.41) is 0. The lowest BCUT2D eigenvalue weighted by molar-refractivity contribution is -0.122. The molecule has 0 saturated heterocycles. The fourth-order valence-electron chi connectivity index (χ4n) is 2.26.